The van der Waals surface area contributed by atoms with Crippen molar-refractivity contribution in [2.45, 2.75) is 39.3 Å². The van der Waals surface area contributed by atoms with Crippen LogP contribution in [0.5, 0.6) is 0 Å². The molecule has 1 fully saturated rings. The van der Waals surface area contributed by atoms with Crippen molar-refractivity contribution in [2.75, 3.05) is 18.0 Å². The molecule has 0 aromatic carbocycles. The fourth-order valence-electron chi connectivity index (χ4n) is 3.50. The number of piperidine rings is 1. The molecule has 0 unspecified atom stereocenters. The average molecular weight is 368 g/mol. The molecule has 1 saturated heterocycles. The summed E-state index contributed by atoms with van der Waals surface area (Å²) in [6, 6.07) is 1.96. The Hall–Kier alpha value is -2.79. The highest BCUT2D eigenvalue weighted by molar-refractivity contribution is 5.90. The monoisotopic (exact) mass is 368 g/mol. The van der Waals surface area contributed by atoms with Crippen molar-refractivity contribution in [2.24, 2.45) is 11.8 Å². The molecule has 3 atom stereocenters. The first-order chi connectivity index (χ1) is 12.9. The highest BCUT2D eigenvalue weighted by atomic mass is 16.3. The first kappa shape index (κ1) is 19.0. The van der Waals surface area contributed by atoms with Crippen LogP contribution in [-0.2, 0) is 4.79 Å². The Balaban J connectivity index is 1.86. The molecule has 2 aromatic rings. The number of nitriles is 1. The number of carbonyl (C=O) groups excluding carboxylic acids is 1. The van der Waals surface area contributed by atoms with Gasteiger partial charge in [-0.25, -0.2) is 9.97 Å². The van der Waals surface area contributed by atoms with Crippen molar-refractivity contribution in [1.29, 1.82) is 5.26 Å². The molecule has 8 nitrogen and oxygen atoms in total. The summed E-state index contributed by atoms with van der Waals surface area (Å²) in [6.45, 7) is 7.12. The van der Waals surface area contributed by atoms with Crippen LogP contribution in [0.3, 0.4) is 0 Å². The summed E-state index contributed by atoms with van der Waals surface area (Å²) in [4.78, 5) is 27.3. The number of pyridine rings is 1. The van der Waals surface area contributed by atoms with Gasteiger partial charge in [0.2, 0.25) is 5.91 Å². The standard InChI is InChI=1S/C19H24N6O2/c1-11(2)18(26)19(27)24-13-6-12(3)9-25(10-13)15-8-23-14(7-20)16-17(15)22-5-4-21-16/h4-5,8,11-13,18,26H,6,9-10H2,1-3H3,(H,24,27)/t12-,13+,18-/m0/s1. The molecule has 2 aromatic heterocycles. The lowest BCUT2D eigenvalue weighted by Crippen LogP contribution is -2.53. The number of aromatic nitrogens is 3. The van der Waals surface area contributed by atoms with Crippen molar-refractivity contribution >= 4 is 22.6 Å². The van der Waals surface area contributed by atoms with Crippen molar-refractivity contribution < 1.29 is 9.90 Å². The second-order valence-corrected chi connectivity index (χ2v) is 7.50. The van der Waals surface area contributed by atoms with E-state index in [0.717, 1.165) is 18.7 Å². The molecule has 142 valence electrons. The van der Waals surface area contributed by atoms with Gasteiger partial charge in [-0.3, -0.25) is 9.78 Å². The van der Waals surface area contributed by atoms with E-state index in [1.807, 2.05) is 19.9 Å². The number of aliphatic hydroxyl groups excluding tert-OH is 1. The molecule has 1 aliphatic heterocycles. The third-order valence-corrected chi connectivity index (χ3v) is 4.83. The third-order valence-electron chi connectivity index (χ3n) is 4.83. The van der Waals surface area contributed by atoms with Crippen LogP contribution in [0.1, 0.15) is 32.9 Å². The van der Waals surface area contributed by atoms with Gasteiger partial charge < -0.3 is 15.3 Å². The molecule has 0 radical (unpaired) electrons. The van der Waals surface area contributed by atoms with Gasteiger partial charge in [-0.1, -0.05) is 20.8 Å². The molecular weight excluding hydrogens is 344 g/mol. The summed E-state index contributed by atoms with van der Waals surface area (Å²) in [7, 11) is 0. The van der Waals surface area contributed by atoms with Gasteiger partial charge in [0.25, 0.3) is 0 Å². The maximum Gasteiger partial charge on any atom is 0.249 e. The SMILES string of the molecule is CC(C)[C@H](O)C(=O)N[C@@H]1C[C@H](C)CN(c2cnc(C#N)c3nccnc23)C1. The number of aliphatic hydroxyl groups is 1. The molecule has 0 bridgehead atoms. The number of amides is 1. The number of nitrogens with one attached hydrogen (secondary N) is 1. The molecule has 27 heavy (non-hydrogen) atoms. The normalized spacial score (nSPS) is 21.1. The average Bonchev–Trinajstić information content (AvgIpc) is 2.65. The van der Waals surface area contributed by atoms with Crippen LogP contribution in [-0.4, -0.2) is 51.2 Å². The van der Waals surface area contributed by atoms with Gasteiger partial charge in [-0.15, -0.1) is 0 Å². The number of hydrogen-bond acceptors (Lipinski definition) is 7. The van der Waals surface area contributed by atoms with Crippen LogP contribution in [0, 0.1) is 23.2 Å². The molecule has 3 rings (SSSR count). The molecule has 0 aliphatic carbocycles. The van der Waals surface area contributed by atoms with Crippen molar-refractivity contribution in [3.63, 3.8) is 0 Å². The lowest BCUT2D eigenvalue weighted by molar-refractivity contribution is -0.132. The van der Waals surface area contributed by atoms with E-state index in [1.54, 1.807) is 18.6 Å². The Labute approximate surface area is 158 Å². The molecule has 8 heteroatoms. The van der Waals surface area contributed by atoms with Crippen LogP contribution < -0.4 is 10.2 Å². The minimum atomic E-state index is -1.01. The molecule has 1 aliphatic rings. The van der Waals surface area contributed by atoms with Crippen molar-refractivity contribution in [3.05, 3.63) is 24.3 Å². The number of carbonyl (C=O) groups is 1. The van der Waals surface area contributed by atoms with Crippen molar-refractivity contribution in [3.8, 4) is 6.07 Å². The van der Waals surface area contributed by atoms with Crippen LogP contribution in [0.25, 0.3) is 11.0 Å². The minimum absolute atomic E-state index is 0.0861. The summed E-state index contributed by atoms with van der Waals surface area (Å²) in [5, 5.41) is 22.2. The fourth-order valence-corrected chi connectivity index (χ4v) is 3.50. The van der Waals surface area contributed by atoms with Gasteiger partial charge in [0.15, 0.2) is 5.69 Å². The number of rotatable bonds is 4. The maximum absolute atomic E-state index is 12.2. The minimum Gasteiger partial charge on any atom is -0.383 e. The predicted molar refractivity (Wildman–Crippen MR) is 101 cm³/mol. The molecule has 1 amide bonds. The molecule has 0 saturated carbocycles. The molecule has 0 spiro atoms. The zero-order chi connectivity index (χ0) is 19.6. The number of hydrogen-bond donors (Lipinski definition) is 2. The summed E-state index contributed by atoms with van der Waals surface area (Å²) in [5.41, 5.74) is 2.15. The molecular formula is C19H24N6O2. The van der Waals surface area contributed by atoms with E-state index in [0.29, 0.717) is 23.5 Å². The lowest BCUT2D eigenvalue weighted by atomic mass is 9.94. The Morgan fingerprint density at radius 3 is 2.67 bits per heavy atom. The van der Waals surface area contributed by atoms with Gasteiger partial charge in [0.1, 0.15) is 23.2 Å². The first-order valence-electron chi connectivity index (χ1n) is 9.14. The van der Waals surface area contributed by atoms with E-state index >= 15 is 0 Å². The summed E-state index contributed by atoms with van der Waals surface area (Å²) in [6.07, 6.45) is 4.61. The Bertz CT molecular complexity index is 878. The summed E-state index contributed by atoms with van der Waals surface area (Å²) in [5.74, 6) is -0.140. The zero-order valence-corrected chi connectivity index (χ0v) is 15.8. The van der Waals surface area contributed by atoms with Crippen LogP contribution in [0.4, 0.5) is 5.69 Å². The quantitative estimate of drug-likeness (QED) is 0.834. The highest BCUT2D eigenvalue weighted by Gasteiger charge is 2.30. The first-order valence-corrected chi connectivity index (χ1v) is 9.14. The number of fused-ring (bicyclic) bond motifs is 1. The van der Waals surface area contributed by atoms with Gasteiger partial charge >= 0.3 is 0 Å². The Morgan fingerprint density at radius 2 is 2.00 bits per heavy atom. The Kier molecular flexibility index (Phi) is 5.51. The number of nitrogens with zero attached hydrogens (tertiary/aromatic N) is 5. The van der Waals surface area contributed by atoms with Gasteiger partial charge in [0, 0.05) is 31.5 Å². The van der Waals surface area contributed by atoms with E-state index in [9.17, 15) is 15.2 Å². The maximum atomic E-state index is 12.2. The largest absolute Gasteiger partial charge is 0.383 e. The predicted octanol–water partition coefficient (Wildman–Crippen LogP) is 1.24. The van der Waals surface area contributed by atoms with Gasteiger partial charge in [-0.05, 0) is 18.3 Å². The molecule has 3 heterocycles. The van der Waals surface area contributed by atoms with E-state index in [2.05, 4.69) is 32.1 Å². The van der Waals surface area contributed by atoms with Crippen molar-refractivity contribution in [1.82, 2.24) is 20.3 Å². The Morgan fingerprint density at radius 1 is 1.30 bits per heavy atom. The van der Waals surface area contributed by atoms with E-state index in [1.165, 1.54) is 0 Å². The fraction of sp³-hybridized carbons (Fsp3) is 0.526. The third kappa shape index (κ3) is 3.98. The van der Waals surface area contributed by atoms with Crippen LogP contribution in [0.2, 0.25) is 0 Å². The van der Waals surface area contributed by atoms with E-state index < -0.39 is 6.10 Å². The molecule has 2 N–H and O–H groups in total. The smallest absolute Gasteiger partial charge is 0.249 e. The van der Waals surface area contributed by atoms with Crippen LogP contribution >= 0.6 is 0 Å². The second-order valence-electron chi connectivity index (χ2n) is 7.50. The number of anilines is 1. The summed E-state index contributed by atoms with van der Waals surface area (Å²) >= 11 is 0. The van der Waals surface area contributed by atoms with E-state index in [-0.39, 0.29) is 23.6 Å². The van der Waals surface area contributed by atoms with Gasteiger partial charge in [0.05, 0.1) is 11.9 Å². The topological polar surface area (TPSA) is 115 Å². The van der Waals surface area contributed by atoms with Gasteiger partial charge in [-0.2, -0.15) is 5.26 Å². The highest BCUT2D eigenvalue weighted by Crippen LogP contribution is 2.28. The van der Waals surface area contributed by atoms with Crippen LogP contribution in [0.15, 0.2) is 18.6 Å². The van der Waals surface area contributed by atoms with E-state index in [4.69, 9.17) is 0 Å². The second kappa shape index (κ2) is 7.84. The lowest BCUT2D eigenvalue weighted by Gasteiger charge is -2.38. The summed E-state index contributed by atoms with van der Waals surface area (Å²) < 4.78 is 0. The zero-order valence-electron chi connectivity index (χ0n) is 15.8.